The average molecular weight is 346 g/mol. The van der Waals surface area contributed by atoms with Gasteiger partial charge in [-0.25, -0.2) is 4.98 Å². The van der Waals surface area contributed by atoms with E-state index in [9.17, 15) is 13.2 Å². The molecule has 0 saturated heterocycles. The second kappa shape index (κ2) is 7.00. The quantitative estimate of drug-likeness (QED) is 0.728. The van der Waals surface area contributed by atoms with Crippen LogP contribution in [0.1, 0.15) is 48.4 Å². The Labute approximate surface area is 137 Å². The molecule has 0 aliphatic heterocycles. The Hall–Kier alpha value is -1.08. The zero-order valence-electron chi connectivity index (χ0n) is 12.3. The van der Waals surface area contributed by atoms with E-state index >= 15 is 0 Å². The molecule has 1 saturated carbocycles. The van der Waals surface area contributed by atoms with Crippen molar-refractivity contribution >= 4 is 24.0 Å². The van der Waals surface area contributed by atoms with Gasteiger partial charge >= 0.3 is 6.18 Å². The predicted octanol–water partition coefficient (Wildman–Crippen LogP) is 5.64. The number of hydrogen-bond donors (Lipinski definition) is 1. The number of halogens is 3. The Kier molecular flexibility index (Phi) is 5.50. The zero-order valence-corrected chi connectivity index (χ0v) is 14.0. The van der Waals surface area contributed by atoms with Crippen molar-refractivity contribution in [1.29, 1.82) is 0 Å². The summed E-state index contributed by atoms with van der Waals surface area (Å²) in [7, 11) is 0. The van der Waals surface area contributed by atoms with Crippen molar-refractivity contribution in [2.45, 2.75) is 44.0 Å². The van der Waals surface area contributed by atoms with Crippen molar-refractivity contribution in [3.05, 3.63) is 35.1 Å². The summed E-state index contributed by atoms with van der Waals surface area (Å²) in [6.45, 7) is 4.00. The number of aromatic nitrogens is 2. The van der Waals surface area contributed by atoms with E-state index in [1.54, 1.807) is 24.5 Å². The van der Waals surface area contributed by atoms with E-state index in [0.29, 0.717) is 10.7 Å². The first-order valence-electron chi connectivity index (χ1n) is 7.12. The topological polar surface area (TPSA) is 25.8 Å². The van der Waals surface area contributed by atoms with Crippen LogP contribution in [0.4, 0.5) is 13.2 Å². The molecule has 1 aliphatic rings. The highest BCUT2D eigenvalue weighted by molar-refractivity contribution is 7.80. The first kappa shape index (κ1) is 17.3. The number of hydrogen-bond acceptors (Lipinski definition) is 4. The molecule has 0 aromatic carbocycles. The Morgan fingerprint density at radius 1 is 1.32 bits per heavy atom. The Morgan fingerprint density at radius 3 is 2.50 bits per heavy atom. The van der Waals surface area contributed by atoms with Gasteiger partial charge in [-0.3, -0.25) is 4.98 Å². The van der Waals surface area contributed by atoms with Crippen LogP contribution < -0.4 is 0 Å². The highest BCUT2D eigenvalue weighted by atomic mass is 32.1. The van der Waals surface area contributed by atoms with Crippen LogP contribution in [0.25, 0.3) is 10.6 Å². The van der Waals surface area contributed by atoms with Gasteiger partial charge in [-0.2, -0.15) is 25.8 Å². The number of nitrogens with zero attached hydrogens (tertiary/aromatic N) is 2. The molecule has 1 aliphatic carbocycles. The fraction of sp³-hybridized carbons (Fsp3) is 0.467. The fourth-order valence-corrected chi connectivity index (χ4v) is 3.39. The van der Waals surface area contributed by atoms with Crippen LogP contribution in [0.3, 0.4) is 0 Å². The van der Waals surface area contributed by atoms with E-state index in [-0.39, 0.29) is 10.8 Å². The van der Waals surface area contributed by atoms with Gasteiger partial charge in [-0.1, -0.05) is 13.8 Å². The molecule has 0 radical (unpaired) electrons. The minimum atomic E-state index is -4.36. The monoisotopic (exact) mass is 346 g/mol. The molecule has 2 heterocycles. The van der Waals surface area contributed by atoms with Gasteiger partial charge in [0.1, 0.15) is 10.3 Å². The van der Waals surface area contributed by atoms with E-state index in [4.69, 9.17) is 0 Å². The minimum Gasteiger partial charge on any atom is -0.264 e. The molecule has 120 valence electrons. The number of thiol groups is 1. The van der Waals surface area contributed by atoms with Gasteiger partial charge in [0.2, 0.25) is 0 Å². The Balaban J connectivity index is 0.000000847. The third-order valence-corrected chi connectivity index (χ3v) is 5.02. The lowest BCUT2D eigenvalue weighted by molar-refractivity contribution is -0.128. The summed E-state index contributed by atoms with van der Waals surface area (Å²) in [6.07, 6.45) is 0.686. The lowest BCUT2D eigenvalue weighted by atomic mass is 10.2. The molecule has 1 fully saturated rings. The van der Waals surface area contributed by atoms with Crippen LogP contribution in [0, 0.1) is 0 Å². The maximum Gasteiger partial charge on any atom is 0.405 e. The standard InChI is InChI=1S/C13H11F3N2S2.C2H6/c14-13(15,16)11(19)10-9(7-3-4-7)18-12(20-10)8-2-1-5-17-6-8;1-2/h1-2,5-7,11,19H,3-4H2;1-2H3. The molecule has 0 bridgehead atoms. The highest BCUT2D eigenvalue weighted by Crippen LogP contribution is 2.50. The average Bonchev–Trinajstić information content (AvgIpc) is 3.27. The van der Waals surface area contributed by atoms with Gasteiger partial charge in [0.05, 0.1) is 10.6 Å². The normalized spacial score (nSPS) is 15.9. The van der Waals surface area contributed by atoms with E-state index in [1.165, 1.54) is 0 Å². The van der Waals surface area contributed by atoms with Gasteiger partial charge in [0.25, 0.3) is 0 Å². The molecule has 7 heteroatoms. The summed E-state index contributed by atoms with van der Waals surface area (Å²) in [5, 5.41) is -1.18. The summed E-state index contributed by atoms with van der Waals surface area (Å²) >= 11 is 4.82. The van der Waals surface area contributed by atoms with Crippen molar-refractivity contribution < 1.29 is 13.2 Å². The van der Waals surface area contributed by atoms with Gasteiger partial charge in [-0.15, -0.1) is 11.3 Å². The summed E-state index contributed by atoms with van der Waals surface area (Å²) in [4.78, 5) is 8.61. The highest BCUT2D eigenvalue weighted by Gasteiger charge is 2.43. The Bertz CT molecular complexity index is 607. The smallest absolute Gasteiger partial charge is 0.264 e. The van der Waals surface area contributed by atoms with Gasteiger partial charge in [0, 0.05) is 23.9 Å². The number of pyridine rings is 1. The number of alkyl halides is 3. The first-order valence-corrected chi connectivity index (χ1v) is 8.46. The minimum absolute atomic E-state index is 0.156. The predicted molar refractivity (Wildman–Crippen MR) is 86.5 cm³/mol. The van der Waals surface area contributed by atoms with Gasteiger partial charge in [-0.05, 0) is 25.0 Å². The fourth-order valence-electron chi connectivity index (χ4n) is 1.95. The maximum absolute atomic E-state index is 12.9. The molecule has 1 unspecified atom stereocenters. The molecule has 1 atom stereocenters. The van der Waals surface area contributed by atoms with Gasteiger partial charge in [0.15, 0.2) is 0 Å². The lowest BCUT2D eigenvalue weighted by Crippen LogP contribution is -2.15. The zero-order chi connectivity index (χ0) is 16.3. The summed E-state index contributed by atoms with van der Waals surface area (Å²) in [6, 6.07) is 3.54. The molecular weight excluding hydrogens is 329 g/mol. The van der Waals surface area contributed by atoms with E-state index in [2.05, 4.69) is 22.6 Å². The second-order valence-corrected chi connectivity index (χ2v) is 6.28. The molecule has 3 rings (SSSR count). The number of rotatable bonds is 3. The molecule has 2 aromatic heterocycles. The summed E-state index contributed by atoms with van der Waals surface area (Å²) in [5.74, 6) is 0.156. The molecule has 0 amide bonds. The number of thiazole rings is 1. The van der Waals surface area contributed by atoms with Crippen LogP contribution in [0.5, 0.6) is 0 Å². The molecule has 22 heavy (non-hydrogen) atoms. The summed E-state index contributed by atoms with van der Waals surface area (Å²) < 4.78 is 38.7. The summed E-state index contributed by atoms with van der Waals surface area (Å²) in [5.41, 5.74) is 1.31. The second-order valence-electron chi connectivity index (χ2n) is 4.73. The van der Waals surface area contributed by atoms with Crippen molar-refractivity contribution in [2.75, 3.05) is 0 Å². The third-order valence-electron chi connectivity index (χ3n) is 3.11. The van der Waals surface area contributed by atoms with Gasteiger partial charge < -0.3 is 0 Å². The van der Waals surface area contributed by atoms with E-state index in [1.807, 2.05) is 13.8 Å². The molecular formula is C15H17F3N2S2. The van der Waals surface area contributed by atoms with Crippen LogP contribution in [-0.4, -0.2) is 16.1 Å². The van der Waals surface area contributed by atoms with E-state index < -0.39 is 11.4 Å². The van der Waals surface area contributed by atoms with Crippen LogP contribution in [-0.2, 0) is 0 Å². The van der Waals surface area contributed by atoms with Crippen LogP contribution in [0.15, 0.2) is 24.5 Å². The maximum atomic E-state index is 12.9. The lowest BCUT2D eigenvalue weighted by Gasteiger charge is -2.14. The SMILES string of the molecule is CC.FC(F)(F)C(S)c1sc(-c2cccnc2)nc1C1CC1. The Morgan fingerprint density at radius 2 is 2.00 bits per heavy atom. The van der Waals surface area contributed by atoms with Crippen molar-refractivity contribution in [2.24, 2.45) is 0 Å². The largest absolute Gasteiger partial charge is 0.405 e. The molecule has 0 spiro atoms. The molecule has 2 aromatic rings. The van der Waals surface area contributed by atoms with Crippen LogP contribution >= 0.6 is 24.0 Å². The first-order chi connectivity index (χ1) is 10.5. The molecule has 0 N–H and O–H groups in total. The van der Waals surface area contributed by atoms with Crippen molar-refractivity contribution in [1.82, 2.24) is 9.97 Å². The molecule has 2 nitrogen and oxygen atoms in total. The van der Waals surface area contributed by atoms with Crippen LogP contribution in [0.2, 0.25) is 0 Å². The van der Waals surface area contributed by atoms with E-state index in [0.717, 1.165) is 29.7 Å². The third kappa shape index (κ3) is 3.81. The van der Waals surface area contributed by atoms with Crippen molar-refractivity contribution in [3.63, 3.8) is 0 Å². The van der Waals surface area contributed by atoms with Crippen molar-refractivity contribution in [3.8, 4) is 10.6 Å².